The fraction of sp³-hybridized carbons (Fsp3) is 0.174. The second-order valence-corrected chi connectivity index (χ2v) is 6.72. The summed E-state index contributed by atoms with van der Waals surface area (Å²) in [6, 6.07) is 17.2. The molecule has 2 aromatic carbocycles. The van der Waals surface area contributed by atoms with Gasteiger partial charge < -0.3 is 9.47 Å². The first kappa shape index (κ1) is 18.5. The van der Waals surface area contributed by atoms with E-state index in [1.54, 1.807) is 0 Å². The number of methoxy groups -OCH3 is 1. The van der Waals surface area contributed by atoms with Crippen molar-refractivity contribution in [2.75, 3.05) is 13.7 Å². The number of fused-ring (bicyclic) bond motifs is 3. The topological polar surface area (TPSA) is 79.6 Å². The average molecular weight is 386 g/mol. The van der Waals surface area contributed by atoms with Crippen LogP contribution in [-0.4, -0.2) is 36.7 Å². The number of hydrogen-bond donors (Lipinski definition) is 0. The highest BCUT2D eigenvalue weighted by molar-refractivity contribution is 5.92. The molecule has 144 valence electrons. The number of hydrogen-bond acceptors (Lipinski definition) is 5. The van der Waals surface area contributed by atoms with Crippen molar-refractivity contribution in [3.05, 3.63) is 83.6 Å². The highest BCUT2D eigenvalue weighted by atomic mass is 16.6. The molecule has 4 rings (SSSR count). The standard InChI is InChI=1S/C23H18N2O4/c1-28-22(26)15-10-11-16(12-24)25(13-15)23(27)29-14-21-19-8-4-2-6-17(19)18-7-3-5-9-20(18)21/h2-11,13,16,21H,14H2,1H3/t16-/m0/s1. The minimum absolute atomic E-state index is 0.0868. The van der Waals surface area contributed by atoms with Crippen molar-refractivity contribution in [2.24, 2.45) is 0 Å². The van der Waals surface area contributed by atoms with Crippen molar-refractivity contribution in [1.29, 1.82) is 5.26 Å². The van der Waals surface area contributed by atoms with Crippen molar-refractivity contribution in [3.8, 4) is 17.2 Å². The minimum Gasteiger partial charge on any atom is -0.465 e. The Balaban J connectivity index is 1.55. The van der Waals surface area contributed by atoms with Crippen LogP contribution in [0.2, 0.25) is 0 Å². The van der Waals surface area contributed by atoms with Gasteiger partial charge in [-0.2, -0.15) is 5.26 Å². The number of benzene rings is 2. The van der Waals surface area contributed by atoms with Crippen LogP contribution in [0.4, 0.5) is 4.79 Å². The number of carbonyl (C=O) groups is 2. The van der Waals surface area contributed by atoms with Crippen LogP contribution < -0.4 is 0 Å². The van der Waals surface area contributed by atoms with E-state index in [0.29, 0.717) is 0 Å². The zero-order valence-corrected chi connectivity index (χ0v) is 15.7. The quantitative estimate of drug-likeness (QED) is 0.751. The van der Waals surface area contributed by atoms with Gasteiger partial charge in [0.05, 0.1) is 18.8 Å². The van der Waals surface area contributed by atoms with Gasteiger partial charge in [0.2, 0.25) is 0 Å². The van der Waals surface area contributed by atoms with Gasteiger partial charge in [0, 0.05) is 12.1 Å². The number of nitriles is 1. The molecule has 0 saturated heterocycles. The summed E-state index contributed by atoms with van der Waals surface area (Å²) in [6.45, 7) is 0.132. The van der Waals surface area contributed by atoms with Crippen LogP contribution in [0.25, 0.3) is 11.1 Å². The largest absolute Gasteiger partial charge is 0.465 e. The van der Waals surface area contributed by atoms with Crippen LogP contribution in [0.1, 0.15) is 17.0 Å². The summed E-state index contributed by atoms with van der Waals surface area (Å²) in [7, 11) is 1.25. The van der Waals surface area contributed by atoms with Crippen molar-refractivity contribution in [1.82, 2.24) is 4.90 Å². The van der Waals surface area contributed by atoms with E-state index in [0.717, 1.165) is 27.2 Å². The number of nitrogens with zero attached hydrogens (tertiary/aromatic N) is 2. The zero-order chi connectivity index (χ0) is 20.4. The molecule has 0 fully saturated rings. The van der Waals surface area contributed by atoms with Crippen molar-refractivity contribution in [2.45, 2.75) is 12.0 Å². The monoisotopic (exact) mass is 386 g/mol. The SMILES string of the molecule is COC(=O)C1=CN(C(=O)OCC2c3ccccc3-c3ccccc32)[C@H](C#N)C=C1. The Kier molecular flexibility index (Phi) is 4.88. The Bertz CT molecular complexity index is 1030. The molecule has 1 atom stereocenters. The summed E-state index contributed by atoms with van der Waals surface area (Å²) in [5.41, 5.74) is 4.64. The van der Waals surface area contributed by atoms with E-state index < -0.39 is 18.1 Å². The van der Waals surface area contributed by atoms with Gasteiger partial charge in [-0.1, -0.05) is 48.5 Å². The molecule has 0 saturated carbocycles. The minimum atomic E-state index is -0.848. The Morgan fingerprint density at radius 2 is 1.69 bits per heavy atom. The maximum atomic E-state index is 12.7. The second kappa shape index (κ2) is 7.64. The molecule has 6 heteroatoms. The lowest BCUT2D eigenvalue weighted by Crippen LogP contribution is -2.37. The summed E-state index contributed by atoms with van der Waals surface area (Å²) in [6.07, 6.45) is 3.53. The maximum Gasteiger partial charge on any atom is 0.415 e. The molecule has 0 unspecified atom stereocenters. The van der Waals surface area contributed by atoms with Crippen LogP contribution in [0.15, 0.2) is 72.5 Å². The van der Waals surface area contributed by atoms with Gasteiger partial charge >= 0.3 is 12.1 Å². The van der Waals surface area contributed by atoms with Gasteiger partial charge in [0.25, 0.3) is 0 Å². The van der Waals surface area contributed by atoms with E-state index in [1.807, 2.05) is 42.5 Å². The Hall–Kier alpha value is -3.85. The summed E-state index contributed by atoms with van der Waals surface area (Å²) in [5.74, 6) is -0.676. The molecular formula is C23H18N2O4. The molecule has 1 aliphatic carbocycles. The van der Waals surface area contributed by atoms with E-state index in [4.69, 9.17) is 4.74 Å². The molecule has 1 amide bonds. The predicted molar refractivity (Wildman–Crippen MR) is 106 cm³/mol. The van der Waals surface area contributed by atoms with Crippen molar-refractivity contribution in [3.63, 3.8) is 0 Å². The lowest BCUT2D eigenvalue weighted by atomic mass is 9.98. The van der Waals surface area contributed by atoms with Crippen LogP contribution >= 0.6 is 0 Å². The zero-order valence-electron chi connectivity index (χ0n) is 15.7. The third-order valence-electron chi connectivity index (χ3n) is 5.14. The molecule has 0 spiro atoms. The first-order valence-corrected chi connectivity index (χ1v) is 9.15. The highest BCUT2D eigenvalue weighted by Gasteiger charge is 2.31. The van der Waals surface area contributed by atoms with E-state index in [1.165, 1.54) is 25.5 Å². The fourth-order valence-corrected chi connectivity index (χ4v) is 3.74. The van der Waals surface area contributed by atoms with Crippen LogP contribution in [0, 0.1) is 11.3 Å². The molecule has 2 aromatic rings. The molecule has 6 nitrogen and oxygen atoms in total. The summed E-state index contributed by atoms with van der Waals surface area (Å²) < 4.78 is 10.3. The summed E-state index contributed by atoms with van der Waals surface area (Å²) in [5, 5.41) is 9.34. The molecule has 0 N–H and O–H groups in total. The number of ether oxygens (including phenoxy) is 2. The summed E-state index contributed by atoms with van der Waals surface area (Å²) >= 11 is 0. The van der Waals surface area contributed by atoms with Gasteiger partial charge in [0.1, 0.15) is 12.6 Å². The second-order valence-electron chi connectivity index (χ2n) is 6.72. The molecule has 0 radical (unpaired) electrons. The highest BCUT2D eigenvalue weighted by Crippen LogP contribution is 2.44. The van der Waals surface area contributed by atoms with Crippen LogP contribution in [-0.2, 0) is 14.3 Å². The molecule has 29 heavy (non-hydrogen) atoms. The maximum absolute atomic E-state index is 12.7. The number of carbonyl (C=O) groups excluding carboxylic acids is 2. The average Bonchev–Trinajstić information content (AvgIpc) is 3.10. The fourth-order valence-electron chi connectivity index (χ4n) is 3.74. The first-order valence-electron chi connectivity index (χ1n) is 9.15. The molecular weight excluding hydrogens is 368 g/mol. The smallest absolute Gasteiger partial charge is 0.415 e. The van der Waals surface area contributed by atoms with Crippen LogP contribution in [0.5, 0.6) is 0 Å². The van der Waals surface area contributed by atoms with Gasteiger partial charge in [-0.25, -0.2) is 9.59 Å². The Morgan fingerprint density at radius 1 is 1.07 bits per heavy atom. The molecule has 0 aromatic heterocycles. The number of rotatable bonds is 3. The van der Waals surface area contributed by atoms with Gasteiger partial charge in [-0.05, 0) is 34.4 Å². The Labute approximate surface area is 168 Å². The molecule has 1 aliphatic heterocycles. The Morgan fingerprint density at radius 3 is 2.28 bits per heavy atom. The first-order chi connectivity index (χ1) is 14.1. The molecule has 0 bridgehead atoms. The number of esters is 1. The molecule has 1 heterocycles. The predicted octanol–water partition coefficient (Wildman–Crippen LogP) is 3.76. The van der Waals surface area contributed by atoms with E-state index in [2.05, 4.69) is 16.9 Å². The molecule has 2 aliphatic rings. The number of amides is 1. The lowest BCUT2D eigenvalue weighted by Gasteiger charge is -2.25. The third-order valence-corrected chi connectivity index (χ3v) is 5.14. The summed E-state index contributed by atoms with van der Waals surface area (Å²) in [4.78, 5) is 25.6. The van der Waals surface area contributed by atoms with Crippen molar-refractivity contribution >= 4 is 12.1 Å². The van der Waals surface area contributed by atoms with Gasteiger partial charge in [-0.15, -0.1) is 0 Å². The van der Waals surface area contributed by atoms with Gasteiger partial charge in [0.15, 0.2) is 0 Å². The van der Waals surface area contributed by atoms with E-state index >= 15 is 0 Å². The van der Waals surface area contributed by atoms with Crippen LogP contribution in [0.3, 0.4) is 0 Å². The third kappa shape index (κ3) is 3.27. The lowest BCUT2D eigenvalue weighted by molar-refractivity contribution is -0.135. The van der Waals surface area contributed by atoms with E-state index in [-0.39, 0.29) is 18.1 Å². The van der Waals surface area contributed by atoms with E-state index in [9.17, 15) is 14.9 Å². The van der Waals surface area contributed by atoms with Gasteiger partial charge in [-0.3, -0.25) is 4.90 Å². The van der Waals surface area contributed by atoms with Crippen molar-refractivity contribution < 1.29 is 19.1 Å². The normalized spacial score (nSPS) is 17.0.